The lowest BCUT2D eigenvalue weighted by Gasteiger charge is -2.03. The second-order valence-corrected chi connectivity index (χ2v) is 7.79. The lowest BCUT2D eigenvalue weighted by Crippen LogP contribution is -2.09. The Morgan fingerprint density at radius 2 is 1.86 bits per heavy atom. The Bertz CT molecular complexity index is 1190. The standard InChI is InChI=1S/C18H13N3O5S2/c1-25-11-4-5-12(26-2)16-15(11)19-18(28-16)20-17(22)14-8-9-7-10(21(23)24)3-6-13(9)27-14/h3-8H,1-2H3,(H,19,20,22). The van der Waals surface area contributed by atoms with Gasteiger partial charge in [0.25, 0.3) is 11.6 Å². The van der Waals surface area contributed by atoms with Crippen LogP contribution in [0, 0.1) is 10.1 Å². The minimum absolute atomic E-state index is 0.0115. The van der Waals surface area contributed by atoms with Crippen LogP contribution in [-0.2, 0) is 0 Å². The van der Waals surface area contributed by atoms with Crippen molar-refractivity contribution in [2.45, 2.75) is 0 Å². The molecule has 0 saturated heterocycles. The maximum atomic E-state index is 12.7. The molecule has 4 rings (SSSR count). The number of methoxy groups -OCH3 is 2. The molecule has 2 aromatic heterocycles. The fraction of sp³-hybridized carbons (Fsp3) is 0.111. The number of rotatable bonds is 5. The van der Waals surface area contributed by atoms with Gasteiger partial charge >= 0.3 is 0 Å². The number of hydrogen-bond donors (Lipinski definition) is 1. The summed E-state index contributed by atoms with van der Waals surface area (Å²) in [5, 5.41) is 14.8. The largest absolute Gasteiger partial charge is 0.495 e. The van der Waals surface area contributed by atoms with Crippen LogP contribution in [0.5, 0.6) is 11.5 Å². The molecule has 0 saturated carbocycles. The zero-order chi connectivity index (χ0) is 19.8. The third-order valence-corrected chi connectivity index (χ3v) is 6.17. The van der Waals surface area contributed by atoms with Gasteiger partial charge in [-0.25, -0.2) is 4.98 Å². The summed E-state index contributed by atoms with van der Waals surface area (Å²) in [5.74, 6) is 0.894. The number of benzene rings is 2. The molecule has 28 heavy (non-hydrogen) atoms. The smallest absolute Gasteiger partial charge is 0.270 e. The van der Waals surface area contributed by atoms with Gasteiger partial charge in [0, 0.05) is 22.2 Å². The molecule has 4 aromatic rings. The molecule has 1 N–H and O–H groups in total. The van der Waals surface area contributed by atoms with Crippen molar-refractivity contribution in [2.24, 2.45) is 0 Å². The van der Waals surface area contributed by atoms with Crippen LogP contribution in [0.1, 0.15) is 9.67 Å². The predicted molar refractivity (Wildman–Crippen MR) is 109 cm³/mol. The zero-order valence-corrected chi connectivity index (χ0v) is 16.3. The number of carbonyl (C=O) groups excluding carboxylic acids is 1. The molecule has 0 atom stereocenters. The lowest BCUT2D eigenvalue weighted by molar-refractivity contribution is -0.384. The third kappa shape index (κ3) is 3.12. The second kappa shape index (κ2) is 7.06. The fourth-order valence-corrected chi connectivity index (χ4v) is 4.66. The minimum atomic E-state index is -0.460. The summed E-state index contributed by atoms with van der Waals surface area (Å²) >= 11 is 2.54. The van der Waals surface area contributed by atoms with E-state index in [0.717, 1.165) is 9.40 Å². The molecule has 0 bridgehead atoms. The summed E-state index contributed by atoms with van der Waals surface area (Å²) < 4.78 is 12.2. The topological polar surface area (TPSA) is 104 Å². The SMILES string of the molecule is COc1ccc(OC)c2sc(NC(=O)c3cc4cc([N+](=O)[O-])ccc4s3)nc12. The van der Waals surface area contributed by atoms with Gasteiger partial charge in [0.05, 0.1) is 24.0 Å². The number of nitrogens with zero attached hydrogens (tertiary/aromatic N) is 2. The number of carbonyl (C=O) groups is 1. The van der Waals surface area contributed by atoms with E-state index in [1.165, 1.54) is 34.8 Å². The summed E-state index contributed by atoms with van der Waals surface area (Å²) in [6, 6.07) is 9.69. The number of ether oxygens (including phenoxy) is 2. The van der Waals surface area contributed by atoms with Gasteiger partial charge in [-0.2, -0.15) is 0 Å². The quantitative estimate of drug-likeness (QED) is 0.375. The molecule has 2 aromatic carbocycles. The van der Waals surface area contributed by atoms with Crippen molar-refractivity contribution in [3.05, 3.63) is 51.4 Å². The highest BCUT2D eigenvalue weighted by atomic mass is 32.1. The fourth-order valence-electron chi connectivity index (χ4n) is 2.75. The highest BCUT2D eigenvalue weighted by molar-refractivity contribution is 7.23. The minimum Gasteiger partial charge on any atom is -0.495 e. The van der Waals surface area contributed by atoms with Crippen molar-refractivity contribution in [3.63, 3.8) is 0 Å². The van der Waals surface area contributed by atoms with Crippen molar-refractivity contribution >= 4 is 59.7 Å². The van der Waals surface area contributed by atoms with Crippen LogP contribution >= 0.6 is 22.7 Å². The van der Waals surface area contributed by atoms with Crippen molar-refractivity contribution in [1.29, 1.82) is 0 Å². The molecule has 0 aliphatic rings. The van der Waals surface area contributed by atoms with Gasteiger partial charge in [0.2, 0.25) is 0 Å². The van der Waals surface area contributed by atoms with Gasteiger partial charge in [0.1, 0.15) is 21.7 Å². The van der Waals surface area contributed by atoms with Crippen molar-refractivity contribution < 1.29 is 19.2 Å². The molecule has 0 aliphatic heterocycles. The van der Waals surface area contributed by atoms with Crippen LogP contribution in [0.25, 0.3) is 20.3 Å². The number of thiophene rings is 1. The van der Waals surface area contributed by atoms with Gasteiger partial charge in [-0.3, -0.25) is 20.2 Å². The number of non-ortho nitro benzene ring substituents is 1. The molecule has 0 radical (unpaired) electrons. The third-order valence-electron chi connectivity index (χ3n) is 4.07. The normalized spacial score (nSPS) is 10.9. The van der Waals surface area contributed by atoms with Crippen LogP contribution < -0.4 is 14.8 Å². The first-order valence-electron chi connectivity index (χ1n) is 8.01. The number of anilines is 1. The molecule has 0 spiro atoms. The van der Waals surface area contributed by atoms with Crippen LogP contribution in [0.2, 0.25) is 0 Å². The average Bonchev–Trinajstić information content (AvgIpc) is 3.30. The van der Waals surface area contributed by atoms with Crippen LogP contribution in [-0.4, -0.2) is 30.0 Å². The Morgan fingerprint density at radius 1 is 1.11 bits per heavy atom. The number of thiazole rings is 1. The highest BCUT2D eigenvalue weighted by Gasteiger charge is 2.18. The molecule has 8 nitrogen and oxygen atoms in total. The van der Waals surface area contributed by atoms with E-state index in [4.69, 9.17) is 9.47 Å². The van der Waals surface area contributed by atoms with E-state index in [1.807, 2.05) is 0 Å². The Morgan fingerprint density at radius 3 is 2.57 bits per heavy atom. The number of nitro benzene ring substituents is 1. The number of nitro groups is 1. The number of amides is 1. The van der Waals surface area contributed by atoms with E-state index in [-0.39, 0.29) is 11.6 Å². The number of aromatic nitrogens is 1. The summed E-state index contributed by atoms with van der Waals surface area (Å²) in [5.41, 5.74) is 0.594. The van der Waals surface area contributed by atoms with Gasteiger partial charge in [-0.1, -0.05) is 11.3 Å². The first-order chi connectivity index (χ1) is 13.5. The number of fused-ring (bicyclic) bond motifs is 2. The van der Waals surface area contributed by atoms with Gasteiger partial charge in [-0.15, -0.1) is 11.3 Å². The van der Waals surface area contributed by atoms with E-state index in [0.29, 0.717) is 32.4 Å². The van der Waals surface area contributed by atoms with Crippen molar-refractivity contribution in [2.75, 3.05) is 19.5 Å². The summed E-state index contributed by atoms with van der Waals surface area (Å²) in [4.78, 5) is 28.0. The van der Waals surface area contributed by atoms with Gasteiger partial charge < -0.3 is 9.47 Å². The molecule has 10 heteroatoms. The van der Waals surface area contributed by atoms with Crippen molar-refractivity contribution in [1.82, 2.24) is 4.98 Å². The molecule has 0 unspecified atom stereocenters. The van der Waals surface area contributed by atoms with Crippen LogP contribution in [0.15, 0.2) is 36.4 Å². The van der Waals surface area contributed by atoms with Crippen LogP contribution in [0.3, 0.4) is 0 Å². The van der Waals surface area contributed by atoms with E-state index in [1.54, 1.807) is 38.5 Å². The van der Waals surface area contributed by atoms with Gasteiger partial charge in [-0.05, 0) is 24.3 Å². The zero-order valence-electron chi connectivity index (χ0n) is 14.7. The number of nitrogens with one attached hydrogen (secondary N) is 1. The second-order valence-electron chi connectivity index (χ2n) is 5.71. The molecular formula is C18H13N3O5S2. The number of hydrogen-bond acceptors (Lipinski definition) is 8. The molecule has 0 aliphatic carbocycles. The maximum absolute atomic E-state index is 12.7. The lowest BCUT2D eigenvalue weighted by atomic mass is 10.2. The maximum Gasteiger partial charge on any atom is 0.270 e. The monoisotopic (exact) mass is 415 g/mol. The molecule has 142 valence electrons. The van der Waals surface area contributed by atoms with E-state index in [2.05, 4.69) is 10.3 Å². The van der Waals surface area contributed by atoms with E-state index in [9.17, 15) is 14.9 Å². The van der Waals surface area contributed by atoms with Crippen molar-refractivity contribution in [3.8, 4) is 11.5 Å². The van der Waals surface area contributed by atoms with E-state index >= 15 is 0 Å². The molecule has 1 amide bonds. The Hall–Kier alpha value is -3.24. The Labute approximate surface area is 166 Å². The Balaban J connectivity index is 1.66. The van der Waals surface area contributed by atoms with Crippen LogP contribution in [0.4, 0.5) is 10.8 Å². The first-order valence-corrected chi connectivity index (χ1v) is 9.64. The summed E-state index contributed by atoms with van der Waals surface area (Å²) in [6.45, 7) is 0. The summed E-state index contributed by atoms with van der Waals surface area (Å²) in [7, 11) is 3.12. The molecular weight excluding hydrogens is 402 g/mol. The Kier molecular flexibility index (Phi) is 4.57. The van der Waals surface area contributed by atoms with E-state index < -0.39 is 4.92 Å². The predicted octanol–water partition coefficient (Wildman–Crippen LogP) is 4.69. The molecule has 2 heterocycles. The van der Waals surface area contributed by atoms with Gasteiger partial charge in [0.15, 0.2) is 5.13 Å². The first kappa shape index (κ1) is 18.1. The average molecular weight is 415 g/mol. The summed E-state index contributed by atoms with van der Waals surface area (Å²) in [6.07, 6.45) is 0. The molecule has 0 fully saturated rings. The highest BCUT2D eigenvalue weighted by Crippen LogP contribution is 2.39.